The Kier molecular flexibility index (Phi) is 3.57. The maximum atomic E-state index is 6.02. The fourth-order valence-corrected chi connectivity index (χ4v) is 2.61. The predicted octanol–water partition coefficient (Wildman–Crippen LogP) is 2.89. The SMILES string of the molecule is CCOC1(c2ncc(N)cn2)CCC(C)(C)CC1. The molecule has 1 fully saturated rings. The second-order valence-electron chi connectivity index (χ2n) is 5.93. The van der Waals surface area contributed by atoms with E-state index < -0.39 is 0 Å². The molecular weight excluding hydrogens is 226 g/mol. The molecule has 4 nitrogen and oxygen atoms in total. The molecule has 0 spiro atoms. The largest absolute Gasteiger partial charge is 0.396 e. The van der Waals surface area contributed by atoms with Gasteiger partial charge in [-0.15, -0.1) is 0 Å². The molecule has 1 heterocycles. The van der Waals surface area contributed by atoms with Gasteiger partial charge < -0.3 is 10.5 Å². The van der Waals surface area contributed by atoms with E-state index in [0.29, 0.717) is 17.7 Å². The van der Waals surface area contributed by atoms with Crippen LogP contribution in [0.4, 0.5) is 5.69 Å². The summed E-state index contributed by atoms with van der Waals surface area (Å²) in [5.74, 6) is 0.786. The van der Waals surface area contributed by atoms with Crippen LogP contribution < -0.4 is 5.73 Å². The van der Waals surface area contributed by atoms with Gasteiger partial charge in [0.1, 0.15) is 5.60 Å². The lowest BCUT2D eigenvalue weighted by Crippen LogP contribution is -2.38. The zero-order valence-corrected chi connectivity index (χ0v) is 11.6. The second kappa shape index (κ2) is 4.84. The lowest BCUT2D eigenvalue weighted by Gasteiger charge is -2.42. The number of hydrogen-bond donors (Lipinski definition) is 1. The standard InChI is InChI=1S/C14H23N3O/c1-4-18-14(7-5-13(2,3)6-8-14)12-16-9-11(15)10-17-12/h9-10H,4-8,15H2,1-3H3. The summed E-state index contributed by atoms with van der Waals surface area (Å²) < 4.78 is 6.02. The van der Waals surface area contributed by atoms with Crippen LogP contribution in [0.5, 0.6) is 0 Å². The van der Waals surface area contributed by atoms with E-state index >= 15 is 0 Å². The first-order valence-electron chi connectivity index (χ1n) is 6.69. The van der Waals surface area contributed by atoms with E-state index in [1.165, 1.54) is 0 Å². The fraction of sp³-hybridized carbons (Fsp3) is 0.714. The first kappa shape index (κ1) is 13.3. The Labute approximate surface area is 109 Å². The number of aromatic nitrogens is 2. The number of rotatable bonds is 3. The summed E-state index contributed by atoms with van der Waals surface area (Å²) in [7, 11) is 0. The summed E-state index contributed by atoms with van der Waals surface area (Å²) in [6.07, 6.45) is 7.59. The first-order chi connectivity index (χ1) is 8.47. The number of nitrogens with zero attached hydrogens (tertiary/aromatic N) is 2. The maximum absolute atomic E-state index is 6.02. The molecule has 0 saturated heterocycles. The van der Waals surface area contributed by atoms with Gasteiger partial charge in [0.2, 0.25) is 0 Å². The van der Waals surface area contributed by atoms with Gasteiger partial charge in [0.05, 0.1) is 18.1 Å². The quantitative estimate of drug-likeness (QED) is 0.894. The van der Waals surface area contributed by atoms with Crippen LogP contribution in [-0.4, -0.2) is 16.6 Å². The molecule has 1 aromatic heterocycles. The Balaban J connectivity index is 2.25. The lowest BCUT2D eigenvalue weighted by molar-refractivity contribution is -0.0947. The summed E-state index contributed by atoms with van der Waals surface area (Å²) in [4.78, 5) is 8.76. The minimum Gasteiger partial charge on any atom is -0.396 e. The minimum absolute atomic E-state index is 0.308. The van der Waals surface area contributed by atoms with Crippen molar-refractivity contribution in [1.82, 2.24) is 9.97 Å². The number of hydrogen-bond acceptors (Lipinski definition) is 4. The third-order valence-electron chi connectivity index (χ3n) is 3.91. The molecule has 1 aromatic rings. The van der Waals surface area contributed by atoms with Crippen molar-refractivity contribution in [3.63, 3.8) is 0 Å². The molecule has 2 N–H and O–H groups in total. The van der Waals surface area contributed by atoms with Crippen LogP contribution in [0.1, 0.15) is 52.3 Å². The van der Waals surface area contributed by atoms with Crippen molar-refractivity contribution in [3.05, 3.63) is 18.2 Å². The highest BCUT2D eigenvalue weighted by molar-refractivity contribution is 5.31. The van der Waals surface area contributed by atoms with Gasteiger partial charge in [0.25, 0.3) is 0 Å². The Morgan fingerprint density at radius 1 is 1.17 bits per heavy atom. The molecule has 2 rings (SSSR count). The van der Waals surface area contributed by atoms with Gasteiger partial charge in [-0.05, 0) is 38.0 Å². The molecule has 1 saturated carbocycles. The summed E-state index contributed by atoms with van der Waals surface area (Å²) in [5, 5.41) is 0. The molecule has 0 amide bonds. The smallest absolute Gasteiger partial charge is 0.160 e. The molecule has 1 aliphatic carbocycles. The topological polar surface area (TPSA) is 61.0 Å². The molecule has 0 unspecified atom stereocenters. The van der Waals surface area contributed by atoms with E-state index in [2.05, 4.69) is 23.8 Å². The molecule has 0 aromatic carbocycles. The Morgan fingerprint density at radius 2 is 1.72 bits per heavy atom. The molecule has 100 valence electrons. The monoisotopic (exact) mass is 249 g/mol. The van der Waals surface area contributed by atoms with Gasteiger partial charge in [-0.2, -0.15) is 0 Å². The highest BCUT2D eigenvalue weighted by atomic mass is 16.5. The average Bonchev–Trinajstić information content (AvgIpc) is 2.34. The van der Waals surface area contributed by atoms with E-state index in [4.69, 9.17) is 10.5 Å². The van der Waals surface area contributed by atoms with Gasteiger partial charge in [-0.1, -0.05) is 13.8 Å². The van der Waals surface area contributed by atoms with Crippen LogP contribution in [0.2, 0.25) is 0 Å². The van der Waals surface area contributed by atoms with Gasteiger partial charge >= 0.3 is 0 Å². The zero-order valence-electron chi connectivity index (χ0n) is 11.6. The highest BCUT2D eigenvalue weighted by Gasteiger charge is 2.42. The summed E-state index contributed by atoms with van der Waals surface area (Å²) in [6.45, 7) is 7.34. The van der Waals surface area contributed by atoms with E-state index in [-0.39, 0.29) is 5.60 Å². The summed E-state index contributed by atoms with van der Waals surface area (Å²) in [5.41, 5.74) is 6.34. The van der Waals surface area contributed by atoms with Crippen molar-refractivity contribution in [2.45, 2.75) is 52.1 Å². The number of nitrogens with two attached hydrogens (primary N) is 1. The van der Waals surface area contributed by atoms with Crippen molar-refractivity contribution in [3.8, 4) is 0 Å². The Bertz CT molecular complexity index is 390. The second-order valence-corrected chi connectivity index (χ2v) is 5.93. The van der Waals surface area contributed by atoms with Crippen molar-refractivity contribution in [1.29, 1.82) is 0 Å². The molecule has 0 bridgehead atoms. The van der Waals surface area contributed by atoms with Crippen LogP contribution in [-0.2, 0) is 10.3 Å². The molecule has 1 aliphatic rings. The van der Waals surface area contributed by atoms with E-state index in [9.17, 15) is 0 Å². The van der Waals surface area contributed by atoms with Crippen molar-refractivity contribution in [2.24, 2.45) is 5.41 Å². The van der Waals surface area contributed by atoms with E-state index in [1.54, 1.807) is 12.4 Å². The van der Waals surface area contributed by atoms with Crippen LogP contribution >= 0.6 is 0 Å². The highest BCUT2D eigenvalue weighted by Crippen LogP contribution is 2.46. The fourth-order valence-electron chi connectivity index (χ4n) is 2.61. The normalized spacial score (nSPS) is 21.7. The molecule has 18 heavy (non-hydrogen) atoms. The van der Waals surface area contributed by atoms with Crippen LogP contribution in [0.3, 0.4) is 0 Å². The number of nitrogen functional groups attached to an aromatic ring is 1. The van der Waals surface area contributed by atoms with Gasteiger partial charge in [-0.25, -0.2) is 9.97 Å². The van der Waals surface area contributed by atoms with Gasteiger partial charge in [-0.3, -0.25) is 0 Å². The third-order valence-corrected chi connectivity index (χ3v) is 3.91. The van der Waals surface area contributed by atoms with Crippen LogP contribution in [0.25, 0.3) is 0 Å². The lowest BCUT2D eigenvalue weighted by atomic mass is 9.70. The van der Waals surface area contributed by atoms with Gasteiger partial charge in [0.15, 0.2) is 5.82 Å². The van der Waals surface area contributed by atoms with Gasteiger partial charge in [0, 0.05) is 6.61 Å². The third kappa shape index (κ3) is 2.64. The van der Waals surface area contributed by atoms with Crippen LogP contribution in [0, 0.1) is 5.41 Å². The van der Waals surface area contributed by atoms with E-state index in [1.807, 2.05) is 6.92 Å². The molecule has 0 aliphatic heterocycles. The van der Waals surface area contributed by atoms with Crippen molar-refractivity contribution >= 4 is 5.69 Å². The number of anilines is 1. The maximum Gasteiger partial charge on any atom is 0.160 e. The molecular formula is C14H23N3O. The van der Waals surface area contributed by atoms with Crippen LogP contribution in [0.15, 0.2) is 12.4 Å². The molecule has 4 heteroatoms. The minimum atomic E-state index is -0.308. The molecule has 0 radical (unpaired) electrons. The van der Waals surface area contributed by atoms with E-state index in [0.717, 1.165) is 31.5 Å². The zero-order chi connectivity index (χ0) is 13.2. The summed E-state index contributed by atoms with van der Waals surface area (Å²) in [6, 6.07) is 0. The predicted molar refractivity (Wildman–Crippen MR) is 72.0 cm³/mol. The van der Waals surface area contributed by atoms with Crippen molar-refractivity contribution < 1.29 is 4.74 Å². The van der Waals surface area contributed by atoms with Crippen molar-refractivity contribution in [2.75, 3.05) is 12.3 Å². The first-order valence-corrected chi connectivity index (χ1v) is 6.69. The summed E-state index contributed by atoms with van der Waals surface area (Å²) >= 11 is 0. The number of ether oxygens (including phenoxy) is 1. The Hall–Kier alpha value is -1.16. The molecule has 0 atom stereocenters. The average molecular weight is 249 g/mol. The Morgan fingerprint density at radius 3 is 2.22 bits per heavy atom.